The molecule has 0 aromatic heterocycles. The van der Waals surface area contributed by atoms with E-state index in [0.29, 0.717) is 16.5 Å². The van der Waals surface area contributed by atoms with Crippen molar-refractivity contribution in [2.24, 2.45) is 5.92 Å². The third-order valence-electron chi connectivity index (χ3n) is 3.15. The maximum absolute atomic E-state index is 11.4. The van der Waals surface area contributed by atoms with Gasteiger partial charge in [0.2, 0.25) is 0 Å². The van der Waals surface area contributed by atoms with Gasteiger partial charge in [0, 0.05) is 18.8 Å². The average Bonchev–Trinajstić information content (AvgIpc) is 2.75. The first-order valence-electron chi connectivity index (χ1n) is 5.74. The molecule has 0 unspecified atom stereocenters. The van der Waals surface area contributed by atoms with Crippen molar-refractivity contribution in [1.82, 2.24) is 0 Å². The van der Waals surface area contributed by atoms with E-state index < -0.39 is 5.97 Å². The van der Waals surface area contributed by atoms with Crippen molar-refractivity contribution >= 4 is 23.3 Å². The lowest BCUT2D eigenvalue weighted by Crippen LogP contribution is -2.19. The highest BCUT2D eigenvalue weighted by atomic mass is 35.5. The van der Waals surface area contributed by atoms with Crippen molar-refractivity contribution in [3.63, 3.8) is 0 Å². The highest BCUT2D eigenvalue weighted by molar-refractivity contribution is 6.33. The summed E-state index contributed by atoms with van der Waals surface area (Å²) >= 11 is 6.09. The number of hydrogen-bond acceptors (Lipinski definition) is 3. The van der Waals surface area contributed by atoms with E-state index in [9.17, 15) is 4.79 Å². The van der Waals surface area contributed by atoms with Crippen LogP contribution in [0.3, 0.4) is 0 Å². The highest BCUT2D eigenvalue weighted by Gasteiger charge is 2.20. The Balaban J connectivity index is 2.22. The van der Waals surface area contributed by atoms with Crippen molar-refractivity contribution in [3.05, 3.63) is 28.8 Å². The molecule has 0 aliphatic carbocycles. The van der Waals surface area contributed by atoms with Gasteiger partial charge < -0.3 is 9.64 Å². The fourth-order valence-electron chi connectivity index (χ4n) is 2.15. The average molecular weight is 254 g/mol. The van der Waals surface area contributed by atoms with Crippen molar-refractivity contribution in [3.8, 4) is 0 Å². The number of anilines is 1. The number of benzene rings is 1. The minimum absolute atomic E-state index is 0.392. The van der Waals surface area contributed by atoms with Crippen molar-refractivity contribution in [2.45, 2.75) is 13.3 Å². The van der Waals surface area contributed by atoms with Crippen LogP contribution in [0.1, 0.15) is 23.7 Å². The van der Waals surface area contributed by atoms with Crippen LogP contribution in [-0.2, 0) is 4.74 Å². The summed E-state index contributed by atoms with van der Waals surface area (Å²) in [4.78, 5) is 13.7. The Morgan fingerprint density at radius 1 is 1.53 bits per heavy atom. The van der Waals surface area contributed by atoms with Crippen LogP contribution in [0, 0.1) is 5.92 Å². The fraction of sp³-hybridized carbons (Fsp3) is 0.462. The number of carbonyl (C=O) groups excluding carboxylic acids is 1. The number of esters is 1. The third-order valence-corrected chi connectivity index (χ3v) is 3.46. The second-order valence-electron chi connectivity index (χ2n) is 4.50. The van der Waals surface area contributed by atoms with Crippen LogP contribution >= 0.6 is 11.6 Å². The molecule has 1 aliphatic heterocycles. The van der Waals surface area contributed by atoms with Gasteiger partial charge in [-0.2, -0.15) is 0 Å². The molecule has 1 atom stereocenters. The van der Waals surface area contributed by atoms with Gasteiger partial charge in [0.1, 0.15) is 0 Å². The van der Waals surface area contributed by atoms with Crippen LogP contribution in [0.2, 0.25) is 5.02 Å². The van der Waals surface area contributed by atoms with Gasteiger partial charge in [-0.3, -0.25) is 0 Å². The lowest BCUT2D eigenvalue weighted by Gasteiger charge is -2.18. The third kappa shape index (κ3) is 2.55. The van der Waals surface area contributed by atoms with Crippen molar-refractivity contribution in [2.75, 3.05) is 25.1 Å². The zero-order chi connectivity index (χ0) is 12.4. The Morgan fingerprint density at radius 3 is 2.82 bits per heavy atom. The molecular formula is C13H16ClNO2. The van der Waals surface area contributed by atoms with E-state index in [-0.39, 0.29) is 0 Å². The predicted octanol–water partition coefficient (Wildman–Crippen LogP) is 2.97. The van der Waals surface area contributed by atoms with Gasteiger partial charge in [-0.05, 0) is 30.5 Å². The number of halogens is 1. The predicted molar refractivity (Wildman–Crippen MR) is 68.8 cm³/mol. The van der Waals surface area contributed by atoms with E-state index in [1.165, 1.54) is 13.5 Å². The summed E-state index contributed by atoms with van der Waals surface area (Å²) in [6.07, 6.45) is 1.20. The van der Waals surface area contributed by atoms with E-state index in [1.807, 2.05) is 12.1 Å². The van der Waals surface area contributed by atoms with Crippen LogP contribution in [0.4, 0.5) is 5.69 Å². The second-order valence-corrected chi connectivity index (χ2v) is 4.90. The molecule has 0 amide bonds. The normalized spacial score (nSPS) is 19.5. The quantitative estimate of drug-likeness (QED) is 0.759. The maximum Gasteiger partial charge on any atom is 0.339 e. The molecule has 17 heavy (non-hydrogen) atoms. The molecule has 1 aromatic carbocycles. The molecule has 0 bridgehead atoms. The molecule has 0 saturated carbocycles. The molecule has 3 nitrogen and oxygen atoms in total. The summed E-state index contributed by atoms with van der Waals surface area (Å²) in [5.41, 5.74) is 1.50. The van der Waals surface area contributed by atoms with Gasteiger partial charge in [0.15, 0.2) is 0 Å². The van der Waals surface area contributed by atoms with E-state index in [0.717, 1.165) is 18.8 Å². The number of methoxy groups -OCH3 is 1. The van der Waals surface area contributed by atoms with Crippen molar-refractivity contribution < 1.29 is 9.53 Å². The number of rotatable bonds is 2. The van der Waals surface area contributed by atoms with Crippen LogP contribution in [0.5, 0.6) is 0 Å². The van der Waals surface area contributed by atoms with Crippen LogP contribution in [-0.4, -0.2) is 26.2 Å². The second kappa shape index (κ2) is 4.96. The molecule has 1 fully saturated rings. The maximum atomic E-state index is 11.4. The molecule has 0 spiro atoms. The first-order valence-corrected chi connectivity index (χ1v) is 6.12. The largest absolute Gasteiger partial charge is 0.465 e. The summed E-state index contributed by atoms with van der Waals surface area (Å²) in [6.45, 7) is 4.34. The minimum atomic E-state index is -0.392. The molecule has 0 N–H and O–H groups in total. The molecule has 2 rings (SSSR count). The van der Waals surface area contributed by atoms with Gasteiger partial charge >= 0.3 is 5.97 Å². The summed E-state index contributed by atoms with van der Waals surface area (Å²) in [5, 5.41) is 0.453. The molecule has 1 heterocycles. The Kier molecular flexibility index (Phi) is 3.57. The van der Waals surface area contributed by atoms with Gasteiger partial charge in [0.05, 0.1) is 17.7 Å². The molecule has 1 aliphatic rings. The Hall–Kier alpha value is -1.22. The summed E-state index contributed by atoms with van der Waals surface area (Å²) < 4.78 is 4.66. The number of nitrogens with zero attached hydrogens (tertiary/aromatic N) is 1. The molecule has 4 heteroatoms. The molecular weight excluding hydrogens is 238 g/mol. The summed E-state index contributed by atoms with van der Waals surface area (Å²) in [6, 6.07) is 5.49. The lowest BCUT2D eigenvalue weighted by atomic mass is 10.2. The van der Waals surface area contributed by atoms with Crippen LogP contribution < -0.4 is 4.90 Å². The zero-order valence-corrected chi connectivity index (χ0v) is 10.8. The zero-order valence-electron chi connectivity index (χ0n) is 10.1. The number of ether oxygens (including phenoxy) is 1. The van der Waals surface area contributed by atoms with E-state index >= 15 is 0 Å². The first kappa shape index (κ1) is 12.2. The Morgan fingerprint density at radius 2 is 2.29 bits per heavy atom. The summed E-state index contributed by atoms with van der Waals surface area (Å²) in [5.74, 6) is 0.324. The molecule has 0 radical (unpaired) electrons. The van der Waals surface area contributed by atoms with E-state index in [4.69, 9.17) is 11.6 Å². The fourth-order valence-corrected chi connectivity index (χ4v) is 2.40. The lowest BCUT2D eigenvalue weighted by molar-refractivity contribution is 0.0601. The van der Waals surface area contributed by atoms with Crippen LogP contribution in [0.25, 0.3) is 0 Å². The SMILES string of the molecule is COC(=O)c1ccc(N2CC[C@H](C)C2)cc1Cl. The Bertz CT molecular complexity index is 433. The van der Waals surface area contributed by atoms with Gasteiger partial charge in [-0.25, -0.2) is 4.79 Å². The monoisotopic (exact) mass is 253 g/mol. The molecule has 1 aromatic rings. The van der Waals surface area contributed by atoms with Gasteiger partial charge in [0.25, 0.3) is 0 Å². The molecule has 1 saturated heterocycles. The Labute approximate surface area is 106 Å². The number of carbonyl (C=O) groups is 1. The number of hydrogen-bond donors (Lipinski definition) is 0. The first-order chi connectivity index (χ1) is 8.11. The van der Waals surface area contributed by atoms with Crippen molar-refractivity contribution in [1.29, 1.82) is 0 Å². The highest BCUT2D eigenvalue weighted by Crippen LogP contribution is 2.28. The standard InChI is InChI=1S/C13H16ClNO2/c1-9-5-6-15(8-9)10-3-4-11(12(14)7-10)13(16)17-2/h3-4,7,9H,5-6,8H2,1-2H3/t9-/m0/s1. The topological polar surface area (TPSA) is 29.5 Å². The van der Waals surface area contributed by atoms with Gasteiger partial charge in [-0.15, -0.1) is 0 Å². The molecule has 92 valence electrons. The van der Waals surface area contributed by atoms with E-state index in [1.54, 1.807) is 6.07 Å². The van der Waals surface area contributed by atoms with E-state index in [2.05, 4.69) is 16.6 Å². The summed E-state index contributed by atoms with van der Waals surface area (Å²) in [7, 11) is 1.36. The smallest absolute Gasteiger partial charge is 0.339 e. The van der Waals surface area contributed by atoms with Gasteiger partial charge in [-0.1, -0.05) is 18.5 Å². The van der Waals surface area contributed by atoms with Crippen LogP contribution in [0.15, 0.2) is 18.2 Å². The minimum Gasteiger partial charge on any atom is -0.465 e.